The van der Waals surface area contributed by atoms with Crippen LogP contribution < -0.4 is 0 Å². The molecule has 98 valence electrons. The maximum atomic E-state index is 13.3. The molecule has 0 bridgehead atoms. The number of para-hydroxylation sites is 1. The van der Waals surface area contributed by atoms with Crippen molar-refractivity contribution in [2.75, 3.05) is 0 Å². The van der Waals surface area contributed by atoms with E-state index in [1.54, 1.807) is 20.8 Å². The van der Waals surface area contributed by atoms with Gasteiger partial charge in [0.15, 0.2) is 0 Å². The second-order valence-corrected chi connectivity index (χ2v) is 4.77. The molecule has 0 amide bonds. The molecular weight excluding hydrogens is 241 g/mol. The summed E-state index contributed by atoms with van der Waals surface area (Å²) >= 11 is 0. The van der Waals surface area contributed by atoms with Gasteiger partial charge in [0.1, 0.15) is 5.60 Å². The zero-order valence-electron chi connectivity index (χ0n) is 10.4. The van der Waals surface area contributed by atoms with Gasteiger partial charge in [-0.2, -0.15) is 4.39 Å². The Hall–Kier alpha value is -1.98. The molecule has 0 spiro atoms. The summed E-state index contributed by atoms with van der Waals surface area (Å²) in [6.45, 7) is 5.06. The van der Waals surface area contributed by atoms with Crippen LogP contribution in [0.3, 0.4) is 0 Å². The Kier molecular flexibility index (Phi) is 4.00. The fourth-order valence-corrected chi connectivity index (χ4v) is 1.44. The fraction of sp³-hybridized carbons (Fsp3) is 0.417. The van der Waals surface area contributed by atoms with Gasteiger partial charge in [-0.15, -0.1) is 0 Å². The van der Waals surface area contributed by atoms with Crippen LogP contribution in [0.1, 0.15) is 26.3 Å². The SMILES string of the molecule is CC(C)(C)OC(=O)Cc1cccc(F)c1[N+](=O)[O-]. The third kappa shape index (κ3) is 3.80. The minimum atomic E-state index is -0.957. The highest BCUT2D eigenvalue weighted by Gasteiger charge is 2.24. The summed E-state index contributed by atoms with van der Waals surface area (Å²) < 4.78 is 18.3. The van der Waals surface area contributed by atoms with Crippen LogP contribution in [-0.4, -0.2) is 16.5 Å². The third-order valence-corrected chi connectivity index (χ3v) is 2.01. The molecule has 0 radical (unpaired) electrons. The molecule has 0 aliphatic rings. The Labute approximate surface area is 104 Å². The van der Waals surface area contributed by atoms with E-state index < -0.39 is 28.0 Å². The Morgan fingerprint density at radius 1 is 1.44 bits per heavy atom. The minimum absolute atomic E-state index is 0.00856. The molecule has 6 heteroatoms. The lowest BCUT2D eigenvalue weighted by Crippen LogP contribution is -2.25. The van der Waals surface area contributed by atoms with Crippen LogP contribution in [0.15, 0.2) is 18.2 Å². The first-order valence-corrected chi connectivity index (χ1v) is 5.34. The van der Waals surface area contributed by atoms with Crippen LogP contribution in [0.4, 0.5) is 10.1 Å². The molecule has 0 N–H and O–H groups in total. The van der Waals surface area contributed by atoms with Crippen molar-refractivity contribution < 1.29 is 18.8 Å². The van der Waals surface area contributed by atoms with Gasteiger partial charge in [0.25, 0.3) is 0 Å². The molecule has 0 saturated heterocycles. The van der Waals surface area contributed by atoms with Crippen molar-refractivity contribution in [3.8, 4) is 0 Å². The van der Waals surface area contributed by atoms with Gasteiger partial charge in [-0.25, -0.2) is 0 Å². The zero-order chi connectivity index (χ0) is 13.9. The van der Waals surface area contributed by atoms with E-state index in [0.29, 0.717) is 0 Å². The van der Waals surface area contributed by atoms with E-state index in [1.807, 2.05) is 0 Å². The van der Waals surface area contributed by atoms with Crippen molar-refractivity contribution >= 4 is 11.7 Å². The maximum absolute atomic E-state index is 13.3. The number of hydrogen-bond acceptors (Lipinski definition) is 4. The summed E-state index contributed by atoms with van der Waals surface area (Å²) in [5.41, 5.74) is -1.35. The smallest absolute Gasteiger partial charge is 0.311 e. The first-order chi connectivity index (χ1) is 8.20. The van der Waals surface area contributed by atoms with Gasteiger partial charge in [0, 0.05) is 5.56 Å². The molecule has 5 nitrogen and oxygen atoms in total. The van der Waals surface area contributed by atoms with Crippen molar-refractivity contribution in [3.63, 3.8) is 0 Å². The first kappa shape index (κ1) is 14.1. The number of hydrogen-bond donors (Lipinski definition) is 0. The van der Waals surface area contributed by atoms with Crippen LogP contribution in [-0.2, 0) is 16.0 Å². The quantitative estimate of drug-likeness (QED) is 0.473. The second kappa shape index (κ2) is 5.12. The second-order valence-electron chi connectivity index (χ2n) is 4.77. The predicted octanol–water partition coefficient (Wildman–Crippen LogP) is 2.62. The summed E-state index contributed by atoms with van der Waals surface area (Å²) in [6.07, 6.45) is -0.328. The third-order valence-electron chi connectivity index (χ3n) is 2.01. The Bertz CT molecular complexity index is 479. The number of carbonyl (C=O) groups excluding carboxylic acids is 1. The standard InChI is InChI=1S/C12H14FNO4/c1-12(2,3)18-10(15)7-8-5-4-6-9(13)11(8)14(16)17/h4-6H,7H2,1-3H3. The number of nitro groups is 1. The first-order valence-electron chi connectivity index (χ1n) is 5.34. The highest BCUT2D eigenvalue weighted by molar-refractivity contribution is 5.74. The van der Waals surface area contributed by atoms with Crippen LogP contribution in [0, 0.1) is 15.9 Å². The van der Waals surface area contributed by atoms with Gasteiger partial charge >= 0.3 is 11.7 Å². The lowest BCUT2D eigenvalue weighted by Gasteiger charge is -2.19. The molecule has 18 heavy (non-hydrogen) atoms. The van der Waals surface area contributed by atoms with Crippen molar-refractivity contribution in [1.29, 1.82) is 0 Å². The molecule has 1 aromatic carbocycles. The number of rotatable bonds is 3. The van der Waals surface area contributed by atoms with E-state index in [1.165, 1.54) is 12.1 Å². The van der Waals surface area contributed by atoms with Gasteiger partial charge in [0.05, 0.1) is 11.3 Å². The normalized spacial score (nSPS) is 11.1. The molecule has 0 aliphatic heterocycles. The van der Waals surface area contributed by atoms with Crippen molar-refractivity contribution in [2.24, 2.45) is 0 Å². The molecular formula is C12H14FNO4. The van der Waals surface area contributed by atoms with Crippen molar-refractivity contribution in [2.45, 2.75) is 32.8 Å². The fourth-order valence-electron chi connectivity index (χ4n) is 1.44. The number of benzene rings is 1. The summed E-state index contributed by atoms with van der Waals surface area (Å²) in [5, 5.41) is 10.7. The summed E-state index contributed by atoms with van der Waals surface area (Å²) in [6, 6.07) is 3.64. The zero-order valence-corrected chi connectivity index (χ0v) is 10.4. The van der Waals surface area contributed by atoms with E-state index in [-0.39, 0.29) is 12.0 Å². The summed E-state index contributed by atoms with van der Waals surface area (Å²) in [5.74, 6) is -1.59. The minimum Gasteiger partial charge on any atom is -0.460 e. The largest absolute Gasteiger partial charge is 0.460 e. The summed E-state index contributed by atoms with van der Waals surface area (Å²) in [7, 11) is 0. The van der Waals surface area contributed by atoms with Gasteiger partial charge in [0.2, 0.25) is 5.82 Å². The highest BCUT2D eigenvalue weighted by atomic mass is 19.1. The van der Waals surface area contributed by atoms with E-state index in [0.717, 1.165) is 6.07 Å². The number of nitro benzene ring substituents is 1. The molecule has 0 saturated carbocycles. The lowest BCUT2D eigenvalue weighted by molar-refractivity contribution is -0.388. The number of ether oxygens (including phenoxy) is 1. The van der Waals surface area contributed by atoms with Gasteiger partial charge < -0.3 is 4.74 Å². The number of carbonyl (C=O) groups is 1. The van der Waals surface area contributed by atoms with E-state index in [2.05, 4.69) is 0 Å². The van der Waals surface area contributed by atoms with Crippen LogP contribution in [0.2, 0.25) is 0 Å². The van der Waals surface area contributed by atoms with E-state index in [9.17, 15) is 19.3 Å². The van der Waals surface area contributed by atoms with Gasteiger partial charge in [-0.1, -0.05) is 12.1 Å². The monoisotopic (exact) mass is 255 g/mol. The maximum Gasteiger partial charge on any atom is 0.311 e. The predicted molar refractivity (Wildman–Crippen MR) is 62.6 cm³/mol. The number of nitrogens with zero attached hydrogens (tertiary/aromatic N) is 1. The van der Waals surface area contributed by atoms with Crippen molar-refractivity contribution in [1.82, 2.24) is 0 Å². The average Bonchev–Trinajstić information content (AvgIpc) is 2.13. The molecule has 0 aliphatic carbocycles. The van der Waals surface area contributed by atoms with Crippen LogP contribution >= 0.6 is 0 Å². The van der Waals surface area contributed by atoms with E-state index >= 15 is 0 Å². The molecule has 1 rings (SSSR count). The van der Waals surface area contributed by atoms with Crippen LogP contribution in [0.25, 0.3) is 0 Å². The average molecular weight is 255 g/mol. The molecule has 0 atom stereocenters. The topological polar surface area (TPSA) is 69.4 Å². The highest BCUT2D eigenvalue weighted by Crippen LogP contribution is 2.23. The number of halogens is 1. The molecule has 1 aromatic rings. The molecule has 0 heterocycles. The van der Waals surface area contributed by atoms with Gasteiger partial charge in [-0.05, 0) is 26.8 Å². The Morgan fingerprint density at radius 2 is 2.06 bits per heavy atom. The lowest BCUT2D eigenvalue weighted by atomic mass is 10.1. The molecule has 0 fully saturated rings. The Balaban J connectivity index is 2.95. The van der Waals surface area contributed by atoms with Crippen molar-refractivity contribution in [3.05, 3.63) is 39.7 Å². The number of esters is 1. The Morgan fingerprint density at radius 3 is 2.56 bits per heavy atom. The molecule has 0 aromatic heterocycles. The van der Waals surface area contributed by atoms with Gasteiger partial charge in [-0.3, -0.25) is 14.9 Å². The van der Waals surface area contributed by atoms with Crippen LogP contribution in [0.5, 0.6) is 0 Å². The molecule has 0 unspecified atom stereocenters. The summed E-state index contributed by atoms with van der Waals surface area (Å²) in [4.78, 5) is 21.4. The van der Waals surface area contributed by atoms with E-state index in [4.69, 9.17) is 4.74 Å².